The Morgan fingerprint density at radius 1 is 1.09 bits per heavy atom. The molecule has 0 aliphatic carbocycles. The average Bonchev–Trinajstić information content (AvgIpc) is 3.35. The number of hydrogen-bond donors (Lipinski definition) is 1. The predicted octanol–water partition coefficient (Wildman–Crippen LogP) is 5.68. The molecular formula is C23H22N6OS2. The number of rotatable bonds is 6. The molecule has 0 saturated carbocycles. The second-order valence-electron chi connectivity index (χ2n) is 7.74. The van der Waals surface area contributed by atoms with Gasteiger partial charge in [0.25, 0.3) is 0 Å². The third-order valence-electron chi connectivity index (χ3n) is 5.25. The summed E-state index contributed by atoms with van der Waals surface area (Å²) in [5.41, 5.74) is 3.54. The Balaban J connectivity index is 1.43. The van der Waals surface area contributed by atoms with Crippen molar-refractivity contribution in [2.24, 2.45) is 0 Å². The number of thioether (sulfide) groups is 1. The van der Waals surface area contributed by atoms with Gasteiger partial charge in [-0.25, -0.2) is 9.97 Å². The van der Waals surface area contributed by atoms with Crippen molar-refractivity contribution in [3.8, 4) is 0 Å². The largest absolute Gasteiger partial charge is 0.321 e. The van der Waals surface area contributed by atoms with Gasteiger partial charge in [0.1, 0.15) is 5.52 Å². The van der Waals surface area contributed by atoms with Crippen LogP contribution in [0.25, 0.3) is 32.3 Å². The van der Waals surface area contributed by atoms with Crippen molar-refractivity contribution >= 4 is 66.4 Å². The van der Waals surface area contributed by atoms with E-state index >= 15 is 0 Å². The van der Waals surface area contributed by atoms with E-state index in [4.69, 9.17) is 4.98 Å². The van der Waals surface area contributed by atoms with Gasteiger partial charge >= 0.3 is 0 Å². The van der Waals surface area contributed by atoms with Crippen LogP contribution < -0.4 is 5.32 Å². The van der Waals surface area contributed by atoms with Crippen molar-refractivity contribution in [1.29, 1.82) is 0 Å². The van der Waals surface area contributed by atoms with Crippen LogP contribution in [0.15, 0.2) is 53.7 Å². The molecule has 5 rings (SSSR count). The quantitative estimate of drug-likeness (QED) is 0.327. The maximum absolute atomic E-state index is 13.0. The summed E-state index contributed by atoms with van der Waals surface area (Å²) in [7, 11) is 0. The molecule has 162 valence electrons. The molecule has 3 aromatic heterocycles. The molecule has 0 spiro atoms. The van der Waals surface area contributed by atoms with Gasteiger partial charge in [0.2, 0.25) is 11.1 Å². The van der Waals surface area contributed by atoms with Crippen LogP contribution in [-0.2, 0) is 4.79 Å². The summed E-state index contributed by atoms with van der Waals surface area (Å²) in [6.07, 6.45) is 0.635. The molecule has 1 N–H and O–H groups in total. The highest BCUT2D eigenvalue weighted by Gasteiger charge is 2.23. The van der Waals surface area contributed by atoms with Crippen molar-refractivity contribution in [3.05, 3.63) is 48.5 Å². The van der Waals surface area contributed by atoms with Gasteiger partial charge in [-0.3, -0.25) is 4.79 Å². The van der Waals surface area contributed by atoms with Crippen molar-refractivity contribution in [1.82, 2.24) is 24.7 Å². The average molecular weight is 463 g/mol. The van der Waals surface area contributed by atoms with E-state index in [0.29, 0.717) is 16.7 Å². The van der Waals surface area contributed by atoms with Crippen LogP contribution in [-0.4, -0.2) is 35.9 Å². The molecule has 3 heterocycles. The minimum absolute atomic E-state index is 0.107. The number of anilines is 1. The fourth-order valence-corrected chi connectivity index (χ4v) is 5.46. The van der Waals surface area contributed by atoms with Crippen LogP contribution >= 0.6 is 23.1 Å². The Kier molecular flexibility index (Phi) is 5.52. The van der Waals surface area contributed by atoms with Crippen LogP contribution in [0.5, 0.6) is 0 Å². The van der Waals surface area contributed by atoms with E-state index in [0.717, 1.165) is 32.3 Å². The second-order valence-corrected chi connectivity index (χ2v) is 9.94. The molecule has 0 aliphatic rings. The molecule has 0 aliphatic heterocycles. The van der Waals surface area contributed by atoms with Crippen LogP contribution in [0.3, 0.4) is 0 Å². The number of thiazole rings is 1. The maximum atomic E-state index is 13.0. The fourth-order valence-electron chi connectivity index (χ4n) is 3.78. The summed E-state index contributed by atoms with van der Waals surface area (Å²) in [5, 5.41) is 13.6. The number of fused-ring (bicyclic) bond motifs is 4. The minimum atomic E-state index is -0.349. The van der Waals surface area contributed by atoms with Gasteiger partial charge in [-0.1, -0.05) is 60.4 Å². The molecule has 5 aromatic rings. The lowest BCUT2D eigenvalue weighted by molar-refractivity contribution is -0.115. The van der Waals surface area contributed by atoms with Crippen molar-refractivity contribution in [3.63, 3.8) is 0 Å². The zero-order chi connectivity index (χ0) is 22.2. The Labute approximate surface area is 193 Å². The number of nitrogens with one attached hydrogen (secondary N) is 1. The maximum Gasteiger partial charge on any atom is 0.239 e. The summed E-state index contributed by atoms with van der Waals surface area (Å²) in [5.74, 6) is -0.107. The van der Waals surface area contributed by atoms with E-state index in [1.54, 1.807) is 0 Å². The first-order valence-electron chi connectivity index (χ1n) is 10.5. The number of para-hydroxylation sites is 2. The molecule has 0 bridgehead atoms. The number of carbonyl (C=O) groups is 1. The number of aromatic nitrogens is 5. The minimum Gasteiger partial charge on any atom is -0.321 e. The summed E-state index contributed by atoms with van der Waals surface area (Å²) >= 11 is 2.80. The van der Waals surface area contributed by atoms with E-state index in [2.05, 4.69) is 45.0 Å². The van der Waals surface area contributed by atoms with E-state index in [9.17, 15) is 4.79 Å². The molecule has 9 heteroatoms. The molecule has 0 unspecified atom stereocenters. The van der Waals surface area contributed by atoms with Crippen LogP contribution in [0.4, 0.5) is 5.13 Å². The monoisotopic (exact) mass is 462 g/mol. The van der Waals surface area contributed by atoms with Gasteiger partial charge in [0, 0.05) is 11.4 Å². The van der Waals surface area contributed by atoms with Gasteiger partial charge in [-0.15, -0.1) is 10.2 Å². The van der Waals surface area contributed by atoms with Gasteiger partial charge in [-0.05, 0) is 38.5 Å². The lowest BCUT2D eigenvalue weighted by atomic mass is 10.2. The molecule has 32 heavy (non-hydrogen) atoms. The topological polar surface area (TPSA) is 85.6 Å². The zero-order valence-electron chi connectivity index (χ0n) is 17.9. The third-order valence-corrected chi connectivity index (χ3v) is 7.41. The van der Waals surface area contributed by atoms with Crippen LogP contribution in [0.1, 0.15) is 33.2 Å². The Hall–Kier alpha value is -3.04. The smallest absolute Gasteiger partial charge is 0.239 e. The van der Waals surface area contributed by atoms with E-state index in [1.165, 1.54) is 23.1 Å². The van der Waals surface area contributed by atoms with Gasteiger partial charge in [0.15, 0.2) is 10.8 Å². The number of carbonyl (C=O) groups excluding carboxylic acids is 1. The molecule has 1 atom stereocenters. The molecule has 7 nitrogen and oxygen atoms in total. The molecule has 0 fully saturated rings. The lowest BCUT2D eigenvalue weighted by Gasteiger charge is -2.13. The van der Waals surface area contributed by atoms with Crippen molar-refractivity contribution in [2.45, 2.75) is 43.6 Å². The third kappa shape index (κ3) is 3.71. The highest BCUT2D eigenvalue weighted by atomic mass is 32.2. The van der Waals surface area contributed by atoms with Crippen LogP contribution in [0, 0.1) is 0 Å². The first-order valence-corrected chi connectivity index (χ1v) is 12.2. The first kappa shape index (κ1) is 20.8. The summed E-state index contributed by atoms with van der Waals surface area (Å²) in [4.78, 5) is 22.3. The Morgan fingerprint density at radius 3 is 2.66 bits per heavy atom. The van der Waals surface area contributed by atoms with Crippen molar-refractivity contribution < 1.29 is 4.79 Å². The first-order chi connectivity index (χ1) is 15.5. The van der Waals surface area contributed by atoms with E-state index in [-0.39, 0.29) is 17.2 Å². The summed E-state index contributed by atoms with van der Waals surface area (Å²) < 4.78 is 3.22. The number of nitrogens with zero attached hydrogens (tertiary/aromatic N) is 5. The van der Waals surface area contributed by atoms with Gasteiger partial charge < -0.3 is 9.88 Å². The zero-order valence-corrected chi connectivity index (χ0v) is 19.6. The van der Waals surface area contributed by atoms with Crippen molar-refractivity contribution in [2.75, 3.05) is 5.32 Å². The number of hydrogen-bond acceptors (Lipinski definition) is 7. The predicted molar refractivity (Wildman–Crippen MR) is 131 cm³/mol. The Bertz CT molecular complexity index is 1410. The molecular weight excluding hydrogens is 440 g/mol. The van der Waals surface area contributed by atoms with Gasteiger partial charge in [-0.2, -0.15) is 0 Å². The standard InChI is InChI=1S/C23H22N6OS2/c1-4-17(21(30)26-22-24-15-10-6-8-12-18(15)32-22)31-23-25-20-19(27-28-23)14-9-5-7-11-16(14)29(20)13(2)3/h5-13,17H,4H2,1-3H3,(H,24,26,30)/t17-/m0/s1. The summed E-state index contributed by atoms with van der Waals surface area (Å²) in [6, 6.07) is 16.2. The lowest BCUT2D eigenvalue weighted by Crippen LogP contribution is -2.24. The highest BCUT2D eigenvalue weighted by molar-refractivity contribution is 8.00. The fraction of sp³-hybridized carbons (Fsp3) is 0.261. The molecule has 1 amide bonds. The highest BCUT2D eigenvalue weighted by Crippen LogP contribution is 2.32. The SMILES string of the molecule is CC[C@H](Sc1nnc2c3ccccc3n(C(C)C)c2n1)C(=O)Nc1nc2ccccc2s1. The normalized spacial score (nSPS) is 12.8. The second kappa shape index (κ2) is 8.48. The van der Waals surface area contributed by atoms with Gasteiger partial charge in [0.05, 0.1) is 21.0 Å². The van der Waals surface area contributed by atoms with Crippen LogP contribution in [0.2, 0.25) is 0 Å². The molecule has 0 saturated heterocycles. The Morgan fingerprint density at radius 2 is 1.88 bits per heavy atom. The molecule has 2 aromatic carbocycles. The number of benzene rings is 2. The summed E-state index contributed by atoms with van der Waals surface area (Å²) in [6.45, 7) is 6.23. The van der Waals surface area contributed by atoms with E-state index < -0.39 is 0 Å². The van der Waals surface area contributed by atoms with E-state index in [1.807, 2.05) is 49.4 Å². The molecule has 0 radical (unpaired) electrons. The number of amides is 1.